The van der Waals surface area contributed by atoms with Crippen LogP contribution in [-0.4, -0.2) is 29.9 Å². The number of ether oxygens (including phenoxy) is 1. The van der Waals surface area contributed by atoms with Gasteiger partial charge >= 0.3 is 5.97 Å². The quantitative estimate of drug-likeness (QED) is 0.804. The minimum atomic E-state index is -0.826. The van der Waals surface area contributed by atoms with Crippen molar-refractivity contribution >= 4 is 23.5 Å². The standard InChI is InChI=1S/C15H18N2O4/c1-9(14(19)17-13-7-8-13)21-15(20)11-3-5-12(6-4-11)16-10(2)18/h3-6,9,13H,7-8H2,1-2H3,(H,16,18)(H,17,19)/t9-/m1/s1. The number of hydrogen-bond donors (Lipinski definition) is 2. The molecule has 0 unspecified atom stereocenters. The number of carbonyl (C=O) groups excluding carboxylic acids is 3. The van der Waals surface area contributed by atoms with Gasteiger partial charge in [0.1, 0.15) is 0 Å². The summed E-state index contributed by atoms with van der Waals surface area (Å²) < 4.78 is 5.11. The van der Waals surface area contributed by atoms with Crippen LogP contribution in [-0.2, 0) is 14.3 Å². The van der Waals surface area contributed by atoms with E-state index in [-0.39, 0.29) is 17.9 Å². The smallest absolute Gasteiger partial charge is 0.338 e. The van der Waals surface area contributed by atoms with Gasteiger partial charge in [0.2, 0.25) is 5.91 Å². The summed E-state index contributed by atoms with van der Waals surface area (Å²) in [4.78, 5) is 34.5. The number of benzene rings is 1. The molecule has 0 heterocycles. The topological polar surface area (TPSA) is 84.5 Å². The SMILES string of the molecule is CC(=O)Nc1ccc(C(=O)O[C@H](C)C(=O)NC2CC2)cc1. The van der Waals surface area contributed by atoms with Crippen LogP contribution in [0.15, 0.2) is 24.3 Å². The van der Waals surface area contributed by atoms with Crippen molar-refractivity contribution in [3.63, 3.8) is 0 Å². The van der Waals surface area contributed by atoms with Crippen LogP contribution in [0.25, 0.3) is 0 Å². The van der Waals surface area contributed by atoms with E-state index in [1.165, 1.54) is 6.92 Å². The Morgan fingerprint density at radius 3 is 2.33 bits per heavy atom. The Morgan fingerprint density at radius 1 is 1.19 bits per heavy atom. The molecule has 21 heavy (non-hydrogen) atoms. The molecule has 0 aliphatic heterocycles. The maximum atomic E-state index is 11.9. The molecule has 0 aromatic heterocycles. The van der Waals surface area contributed by atoms with Gasteiger partial charge in [-0.15, -0.1) is 0 Å². The first-order valence-corrected chi connectivity index (χ1v) is 6.84. The van der Waals surface area contributed by atoms with Crippen LogP contribution in [0.4, 0.5) is 5.69 Å². The van der Waals surface area contributed by atoms with Crippen molar-refractivity contribution in [3.05, 3.63) is 29.8 Å². The number of anilines is 1. The van der Waals surface area contributed by atoms with E-state index in [4.69, 9.17) is 4.74 Å². The summed E-state index contributed by atoms with van der Waals surface area (Å²) in [6.45, 7) is 2.95. The fourth-order valence-corrected chi connectivity index (χ4v) is 1.72. The van der Waals surface area contributed by atoms with Crippen LogP contribution in [0.1, 0.15) is 37.0 Å². The maximum Gasteiger partial charge on any atom is 0.338 e. The lowest BCUT2D eigenvalue weighted by Gasteiger charge is -2.13. The second kappa shape index (κ2) is 6.39. The van der Waals surface area contributed by atoms with Gasteiger partial charge < -0.3 is 15.4 Å². The third-order valence-electron chi connectivity index (χ3n) is 3.02. The van der Waals surface area contributed by atoms with Crippen LogP contribution in [0.2, 0.25) is 0 Å². The van der Waals surface area contributed by atoms with Gasteiger partial charge in [0, 0.05) is 18.7 Å². The van der Waals surface area contributed by atoms with Crippen LogP contribution < -0.4 is 10.6 Å². The van der Waals surface area contributed by atoms with Gasteiger partial charge in [-0.1, -0.05) is 0 Å². The van der Waals surface area contributed by atoms with Crippen LogP contribution in [0, 0.1) is 0 Å². The lowest BCUT2D eigenvalue weighted by molar-refractivity contribution is -0.129. The zero-order valence-electron chi connectivity index (χ0n) is 12.0. The van der Waals surface area contributed by atoms with Gasteiger partial charge in [-0.05, 0) is 44.0 Å². The summed E-state index contributed by atoms with van der Waals surface area (Å²) in [5, 5.41) is 5.38. The molecular formula is C15H18N2O4. The van der Waals surface area contributed by atoms with E-state index in [1.54, 1.807) is 31.2 Å². The van der Waals surface area contributed by atoms with Crippen LogP contribution in [0.3, 0.4) is 0 Å². The molecule has 2 amide bonds. The number of nitrogens with one attached hydrogen (secondary N) is 2. The third kappa shape index (κ3) is 4.59. The molecule has 2 N–H and O–H groups in total. The van der Waals surface area contributed by atoms with Gasteiger partial charge in [-0.25, -0.2) is 4.79 Å². The monoisotopic (exact) mass is 290 g/mol. The predicted octanol–water partition coefficient (Wildman–Crippen LogP) is 1.47. The zero-order valence-corrected chi connectivity index (χ0v) is 12.0. The second-order valence-electron chi connectivity index (χ2n) is 5.09. The summed E-state index contributed by atoms with van der Waals surface area (Å²) in [5.74, 6) is -1.03. The Bertz CT molecular complexity index is 549. The Balaban J connectivity index is 1.89. The van der Waals surface area contributed by atoms with Gasteiger partial charge in [-0.3, -0.25) is 9.59 Å². The Labute approximate surface area is 122 Å². The number of esters is 1. The van der Waals surface area contributed by atoms with E-state index >= 15 is 0 Å². The largest absolute Gasteiger partial charge is 0.449 e. The Morgan fingerprint density at radius 2 is 1.81 bits per heavy atom. The fourth-order valence-electron chi connectivity index (χ4n) is 1.72. The third-order valence-corrected chi connectivity index (χ3v) is 3.02. The van der Waals surface area contributed by atoms with Crippen molar-refractivity contribution in [3.8, 4) is 0 Å². The number of hydrogen-bond acceptors (Lipinski definition) is 4. The molecule has 0 radical (unpaired) electrons. The molecule has 1 aromatic carbocycles. The molecule has 1 fully saturated rings. The molecule has 1 atom stereocenters. The molecule has 1 aliphatic carbocycles. The molecule has 1 aromatic rings. The molecular weight excluding hydrogens is 272 g/mol. The van der Waals surface area contributed by atoms with Crippen LogP contribution >= 0.6 is 0 Å². The highest BCUT2D eigenvalue weighted by atomic mass is 16.5. The molecule has 112 valence electrons. The number of carbonyl (C=O) groups is 3. The Hall–Kier alpha value is -2.37. The lowest BCUT2D eigenvalue weighted by atomic mass is 10.2. The minimum Gasteiger partial charge on any atom is -0.449 e. The zero-order chi connectivity index (χ0) is 15.4. The van der Waals surface area contributed by atoms with Gasteiger partial charge in [-0.2, -0.15) is 0 Å². The minimum absolute atomic E-state index is 0.185. The summed E-state index contributed by atoms with van der Waals surface area (Å²) in [6.07, 6.45) is 1.14. The van der Waals surface area contributed by atoms with E-state index in [1.807, 2.05) is 0 Å². The first-order chi connectivity index (χ1) is 9.95. The highest BCUT2D eigenvalue weighted by Gasteiger charge is 2.27. The van der Waals surface area contributed by atoms with E-state index in [2.05, 4.69) is 10.6 Å². The van der Waals surface area contributed by atoms with Crippen molar-refractivity contribution in [1.29, 1.82) is 0 Å². The van der Waals surface area contributed by atoms with Gasteiger partial charge in [0.05, 0.1) is 5.56 Å². The fraction of sp³-hybridized carbons (Fsp3) is 0.400. The first-order valence-electron chi connectivity index (χ1n) is 6.84. The van der Waals surface area contributed by atoms with E-state index in [9.17, 15) is 14.4 Å². The lowest BCUT2D eigenvalue weighted by Crippen LogP contribution is -2.37. The molecule has 0 spiro atoms. The molecule has 1 aliphatic rings. The van der Waals surface area contributed by atoms with Crippen molar-refractivity contribution in [2.24, 2.45) is 0 Å². The second-order valence-corrected chi connectivity index (χ2v) is 5.09. The normalized spacial score (nSPS) is 15.0. The maximum absolute atomic E-state index is 11.9. The molecule has 0 saturated heterocycles. The van der Waals surface area contributed by atoms with Gasteiger partial charge in [0.15, 0.2) is 6.10 Å². The average Bonchev–Trinajstić information content (AvgIpc) is 3.22. The van der Waals surface area contributed by atoms with Crippen molar-refractivity contribution in [1.82, 2.24) is 5.32 Å². The highest BCUT2D eigenvalue weighted by molar-refractivity contribution is 5.93. The number of rotatable bonds is 5. The predicted molar refractivity (Wildman–Crippen MR) is 76.8 cm³/mol. The van der Waals surface area contributed by atoms with E-state index in [0.717, 1.165) is 12.8 Å². The average molecular weight is 290 g/mol. The van der Waals surface area contributed by atoms with E-state index in [0.29, 0.717) is 11.3 Å². The van der Waals surface area contributed by atoms with E-state index < -0.39 is 12.1 Å². The highest BCUT2D eigenvalue weighted by Crippen LogP contribution is 2.19. The first kappa shape index (κ1) is 15.0. The molecule has 2 rings (SSSR count). The van der Waals surface area contributed by atoms with Crippen molar-refractivity contribution in [2.75, 3.05) is 5.32 Å². The van der Waals surface area contributed by atoms with Gasteiger partial charge in [0.25, 0.3) is 5.91 Å². The summed E-state index contributed by atoms with van der Waals surface area (Å²) >= 11 is 0. The number of amides is 2. The molecule has 6 heteroatoms. The van der Waals surface area contributed by atoms with Crippen molar-refractivity contribution in [2.45, 2.75) is 38.8 Å². The van der Waals surface area contributed by atoms with Crippen LogP contribution in [0.5, 0.6) is 0 Å². The summed E-state index contributed by atoms with van der Waals surface area (Å²) in [5.41, 5.74) is 0.925. The summed E-state index contributed by atoms with van der Waals surface area (Å²) in [6, 6.07) is 6.52. The molecule has 6 nitrogen and oxygen atoms in total. The Kier molecular flexibility index (Phi) is 4.57. The molecule has 0 bridgehead atoms. The van der Waals surface area contributed by atoms with Crippen molar-refractivity contribution < 1.29 is 19.1 Å². The summed E-state index contributed by atoms with van der Waals surface area (Å²) in [7, 11) is 0. The molecule has 1 saturated carbocycles.